The number of amides is 1. The highest BCUT2D eigenvalue weighted by Crippen LogP contribution is 2.26. The molecular formula is C64H101NO10. The van der Waals surface area contributed by atoms with E-state index >= 15 is 0 Å². The van der Waals surface area contributed by atoms with E-state index in [-0.39, 0.29) is 19.4 Å². The topological polar surface area (TPSA) is 175 Å². The zero-order chi connectivity index (χ0) is 54.7. The van der Waals surface area contributed by atoms with E-state index in [9.17, 15) is 35.1 Å². The molecule has 75 heavy (non-hydrogen) atoms. The maximum absolute atomic E-state index is 13.4. The molecule has 8 atom stereocenters. The fourth-order valence-electron chi connectivity index (χ4n) is 7.86. The van der Waals surface area contributed by atoms with Gasteiger partial charge in [0.25, 0.3) is 0 Å². The monoisotopic (exact) mass is 1040 g/mol. The number of unbranched alkanes of at least 4 members (excludes halogenated alkanes) is 13. The fraction of sp³-hybridized carbons (Fsp3) is 0.594. The van der Waals surface area contributed by atoms with Crippen molar-refractivity contribution in [3.05, 3.63) is 146 Å². The molecule has 1 saturated heterocycles. The van der Waals surface area contributed by atoms with Crippen molar-refractivity contribution in [2.75, 3.05) is 13.2 Å². The lowest BCUT2D eigenvalue weighted by atomic mass is 9.99. The van der Waals surface area contributed by atoms with Gasteiger partial charge < -0.3 is 45.1 Å². The van der Waals surface area contributed by atoms with Crippen LogP contribution in [0.15, 0.2) is 146 Å². The predicted octanol–water partition coefficient (Wildman–Crippen LogP) is 13.0. The number of esters is 1. The van der Waals surface area contributed by atoms with Gasteiger partial charge in [0, 0.05) is 6.42 Å². The van der Waals surface area contributed by atoms with Crippen LogP contribution in [0.2, 0.25) is 0 Å². The van der Waals surface area contributed by atoms with E-state index in [0.717, 1.165) is 70.6 Å². The minimum atomic E-state index is -1.66. The molecule has 1 amide bonds. The maximum atomic E-state index is 13.4. The maximum Gasteiger partial charge on any atom is 0.306 e. The van der Waals surface area contributed by atoms with Crippen LogP contribution in [0.4, 0.5) is 0 Å². The third-order valence-corrected chi connectivity index (χ3v) is 12.4. The Morgan fingerprint density at radius 3 is 1.57 bits per heavy atom. The second-order valence-corrected chi connectivity index (χ2v) is 19.0. The number of hydrogen-bond acceptors (Lipinski definition) is 10. The lowest BCUT2D eigenvalue weighted by Crippen LogP contribution is -2.61. The van der Waals surface area contributed by atoms with Crippen molar-refractivity contribution < 1.29 is 49.3 Å². The van der Waals surface area contributed by atoms with E-state index in [1.165, 1.54) is 51.4 Å². The van der Waals surface area contributed by atoms with Crippen LogP contribution in [0, 0.1) is 0 Å². The number of aliphatic hydroxyl groups is 5. The fourth-order valence-corrected chi connectivity index (χ4v) is 7.86. The molecule has 0 aromatic carbocycles. The molecule has 1 aliphatic heterocycles. The first-order valence-corrected chi connectivity index (χ1v) is 28.7. The van der Waals surface area contributed by atoms with Crippen LogP contribution in [0.5, 0.6) is 0 Å². The van der Waals surface area contributed by atoms with Crippen LogP contribution in [0.3, 0.4) is 0 Å². The summed E-state index contributed by atoms with van der Waals surface area (Å²) in [5.74, 6) is -1.34. The number of hydrogen-bond donors (Lipinski definition) is 6. The number of rotatable bonds is 45. The molecule has 1 rings (SSSR count). The number of allylic oxidation sites excluding steroid dienone is 23. The molecule has 0 radical (unpaired) electrons. The Kier molecular flexibility index (Phi) is 46.0. The van der Waals surface area contributed by atoms with Gasteiger partial charge in [-0.15, -0.1) is 0 Å². The summed E-state index contributed by atoms with van der Waals surface area (Å²) in [4.78, 5) is 26.4. The Morgan fingerprint density at radius 2 is 1.03 bits per heavy atom. The van der Waals surface area contributed by atoms with Crippen LogP contribution in [-0.2, 0) is 23.8 Å². The molecule has 0 aromatic rings. The number of aliphatic hydroxyl groups excluding tert-OH is 5. The molecule has 8 unspecified atom stereocenters. The Labute approximate surface area is 454 Å². The second-order valence-electron chi connectivity index (χ2n) is 19.0. The molecule has 1 aliphatic rings. The third-order valence-electron chi connectivity index (χ3n) is 12.4. The van der Waals surface area contributed by atoms with Crippen LogP contribution in [0.25, 0.3) is 0 Å². The van der Waals surface area contributed by atoms with Gasteiger partial charge in [0.1, 0.15) is 24.4 Å². The minimum absolute atomic E-state index is 0.0127. The van der Waals surface area contributed by atoms with Crippen molar-refractivity contribution in [2.24, 2.45) is 0 Å². The lowest BCUT2D eigenvalue weighted by Gasteiger charge is -2.41. The molecule has 11 nitrogen and oxygen atoms in total. The van der Waals surface area contributed by atoms with Crippen LogP contribution >= 0.6 is 0 Å². The number of carbonyl (C=O) groups is 2. The summed E-state index contributed by atoms with van der Waals surface area (Å²) in [5.41, 5.74) is 0. The number of nitrogens with one attached hydrogen (secondary N) is 1. The van der Waals surface area contributed by atoms with E-state index in [2.05, 4.69) is 99.0 Å². The first-order chi connectivity index (χ1) is 36.7. The lowest BCUT2D eigenvalue weighted by molar-refractivity contribution is -0.305. The van der Waals surface area contributed by atoms with E-state index in [1.54, 1.807) is 6.08 Å². The molecule has 11 heteroatoms. The van der Waals surface area contributed by atoms with E-state index in [0.29, 0.717) is 25.7 Å². The minimum Gasteiger partial charge on any atom is -0.454 e. The predicted molar refractivity (Wildman–Crippen MR) is 310 cm³/mol. The van der Waals surface area contributed by atoms with Gasteiger partial charge >= 0.3 is 5.97 Å². The van der Waals surface area contributed by atoms with E-state index in [4.69, 9.17) is 14.2 Å². The summed E-state index contributed by atoms with van der Waals surface area (Å²) in [6.07, 6.45) is 61.9. The van der Waals surface area contributed by atoms with Crippen molar-refractivity contribution >= 4 is 11.9 Å². The van der Waals surface area contributed by atoms with Crippen LogP contribution < -0.4 is 5.32 Å². The van der Waals surface area contributed by atoms with Gasteiger partial charge in [0.15, 0.2) is 12.4 Å². The molecule has 0 saturated carbocycles. The Balaban J connectivity index is 2.82. The standard InChI is InChI=1S/C64H101NO10/c1-4-7-10-13-16-19-22-25-26-27-28-29-30-31-34-36-39-42-45-48-51-57(68)63(72)65-55(56(67)50-47-44-41-38-35-32-23-20-17-14-11-8-5-2)54-73-64-62(61(71)60(70)58(53-66)74-64)75-59(69)52-49-46-43-40-37-33-24-21-18-15-12-9-6-3/h7,9-10,12,15-16,18-19,21,24-26,28-29,31,33-34,37,39-40,42-43,47,50,55-58,60-62,64,66-68,70-71H,4-6,8,11,13-14,17,20,22-23,27,30,32,35-36,38,41,44-46,48-49,51-54H2,1-3H3,(H,65,72)/b10-7-,12-9+,18-15+,19-16-,24-21-,26-25-,29-28-,34-31-,37-33-,42-39-,43-40+,50-47+. The van der Waals surface area contributed by atoms with Gasteiger partial charge in [-0.2, -0.15) is 0 Å². The highest BCUT2D eigenvalue weighted by atomic mass is 16.7. The summed E-state index contributed by atoms with van der Waals surface area (Å²) in [6, 6.07) is -1.07. The molecule has 6 N–H and O–H groups in total. The third kappa shape index (κ3) is 38.7. The largest absolute Gasteiger partial charge is 0.454 e. The zero-order valence-electron chi connectivity index (χ0n) is 46.3. The molecule has 0 spiro atoms. The molecule has 1 fully saturated rings. The molecule has 422 valence electrons. The normalized spacial score (nSPS) is 20.3. The Bertz CT molecular complexity index is 1770. The van der Waals surface area contributed by atoms with Crippen LogP contribution in [0.1, 0.15) is 181 Å². The average Bonchev–Trinajstić information content (AvgIpc) is 3.41. The summed E-state index contributed by atoms with van der Waals surface area (Å²) in [6.45, 7) is 5.42. The summed E-state index contributed by atoms with van der Waals surface area (Å²) >= 11 is 0. The van der Waals surface area contributed by atoms with Gasteiger partial charge in [0.05, 0.1) is 25.4 Å². The average molecular weight is 1040 g/mol. The second kappa shape index (κ2) is 50.4. The van der Waals surface area contributed by atoms with Gasteiger partial charge in [-0.05, 0) is 89.9 Å². The molecule has 0 aromatic heterocycles. The molecule has 0 aliphatic carbocycles. The van der Waals surface area contributed by atoms with Gasteiger partial charge in [0.2, 0.25) is 5.91 Å². The van der Waals surface area contributed by atoms with Gasteiger partial charge in [-0.25, -0.2) is 0 Å². The number of ether oxygens (including phenoxy) is 3. The quantitative estimate of drug-likeness (QED) is 0.0149. The van der Waals surface area contributed by atoms with Crippen molar-refractivity contribution in [1.82, 2.24) is 5.32 Å². The smallest absolute Gasteiger partial charge is 0.306 e. The molecule has 1 heterocycles. The molecular weight excluding hydrogens is 943 g/mol. The van der Waals surface area contributed by atoms with Crippen molar-refractivity contribution in [3.8, 4) is 0 Å². The highest BCUT2D eigenvalue weighted by Gasteiger charge is 2.47. The summed E-state index contributed by atoms with van der Waals surface area (Å²) in [5, 5.41) is 56.7. The van der Waals surface area contributed by atoms with Crippen LogP contribution in [-0.4, -0.2) is 99.6 Å². The first kappa shape index (κ1) is 68.6. The molecule has 0 bridgehead atoms. The van der Waals surface area contributed by atoms with E-state index in [1.807, 2.05) is 66.8 Å². The Hall–Kier alpha value is -4.46. The van der Waals surface area contributed by atoms with Gasteiger partial charge in [-0.1, -0.05) is 231 Å². The number of carbonyl (C=O) groups excluding carboxylic acids is 2. The van der Waals surface area contributed by atoms with Crippen molar-refractivity contribution in [2.45, 2.75) is 230 Å². The summed E-state index contributed by atoms with van der Waals surface area (Å²) in [7, 11) is 0. The SMILES string of the molecule is CC/C=C\C/C=C\C/C=C\C/C=C\C/C=C\C/C=C\CCCC(O)C(=O)NC(COC1OC(CO)C(O)C(O)C1OC(=O)CCC/C=C/C=C\C=C/C=C/C=C/CC)C(O)/C=C/CCCCCCCCCCCCC. The zero-order valence-corrected chi connectivity index (χ0v) is 46.3. The van der Waals surface area contributed by atoms with Crippen molar-refractivity contribution in [1.29, 1.82) is 0 Å². The van der Waals surface area contributed by atoms with Crippen molar-refractivity contribution in [3.63, 3.8) is 0 Å². The summed E-state index contributed by atoms with van der Waals surface area (Å²) < 4.78 is 17.5. The van der Waals surface area contributed by atoms with E-state index < -0.39 is 67.4 Å². The van der Waals surface area contributed by atoms with Gasteiger partial charge in [-0.3, -0.25) is 9.59 Å². The Morgan fingerprint density at radius 1 is 0.547 bits per heavy atom. The highest BCUT2D eigenvalue weighted by molar-refractivity contribution is 5.80. The first-order valence-electron chi connectivity index (χ1n) is 28.7.